The normalized spacial score (nSPS) is 12.2. The summed E-state index contributed by atoms with van der Waals surface area (Å²) in [6, 6.07) is 21.9. The molecule has 0 saturated carbocycles. The maximum absolute atomic E-state index is 13.9. The average molecular weight is 522 g/mol. The van der Waals surface area contributed by atoms with Gasteiger partial charge in [-0.25, -0.2) is 8.42 Å². The number of anilines is 1. The molecule has 1 atom stereocenters. The summed E-state index contributed by atoms with van der Waals surface area (Å²) in [5, 5.41) is 2.86. The maximum atomic E-state index is 13.9. The Morgan fingerprint density at radius 3 is 2.03 bits per heavy atom. The van der Waals surface area contributed by atoms with Crippen LogP contribution in [-0.2, 0) is 26.2 Å². The van der Waals surface area contributed by atoms with Gasteiger partial charge in [0.1, 0.15) is 12.6 Å². The van der Waals surface area contributed by atoms with Gasteiger partial charge in [0.05, 0.1) is 10.6 Å². The Balaban J connectivity index is 2.05. The average Bonchev–Trinajstić information content (AvgIpc) is 2.88. The number of amides is 2. The molecule has 0 fully saturated rings. The first-order valence-corrected chi connectivity index (χ1v) is 13.7. The molecule has 0 spiro atoms. The highest BCUT2D eigenvalue weighted by atomic mass is 32.2. The van der Waals surface area contributed by atoms with Crippen LogP contribution in [0.15, 0.2) is 83.8 Å². The number of sulfonamides is 1. The van der Waals surface area contributed by atoms with E-state index >= 15 is 0 Å². The number of hydrogen-bond donors (Lipinski definition) is 1. The van der Waals surface area contributed by atoms with E-state index in [1.165, 1.54) is 17.0 Å². The first-order chi connectivity index (χ1) is 17.5. The monoisotopic (exact) mass is 521 g/mol. The van der Waals surface area contributed by atoms with Crippen molar-refractivity contribution in [2.75, 3.05) is 10.8 Å². The molecule has 0 aliphatic carbocycles. The van der Waals surface area contributed by atoms with Crippen LogP contribution in [0.1, 0.15) is 37.5 Å². The van der Waals surface area contributed by atoms with Gasteiger partial charge < -0.3 is 10.2 Å². The van der Waals surface area contributed by atoms with Crippen molar-refractivity contribution < 1.29 is 18.0 Å². The molecule has 37 heavy (non-hydrogen) atoms. The summed E-state index contributed by atoms with van der Waals surface area (Å²) < 4.78 is 28.8. The molecule has 0 heterocycles. The quantitative estimate of drug-likeness (QED) is 0.427. The van der Waals surface area contributed by atoms with Gasteiger partial charge in [-0.05, 0) is 69.5 Å². The minimum absolute atomic E-state index is 0.0870. The molecule has 0 radical (unpaired) electrons. The molecule has 0 aliphatic heterocycles. The number of benzene rings is 3. The topological polar surface area (TPSA) is 86.8 Å². The molecular formula is C29H35N3O4S. The van der Waals surface area contributed by atoms with Crippen molar-refractivity contribution in [1.82, 2.24) is 10.2 Å². The molecule has 8 heteroatoms. The largest absolute Gasteiger partial charge is 0.352 e. The Labute approximate surface area is 220 Å². The van der Waals surface area contributed by atoms with Gasteiger partial charge in [-0.3, -0.25) is 13.9 Å². The van der Waals surface area contributed by atoms with Gasteiger partial charge in [-0.15, -0.1) is 0 Å². The smallest absolute Gasteiger partial charge is 0.264 e. The van der Waals surface area contributed by atoms with Gasteiger partial charge in [0.15, 0.2) is 0 Å². The number of carbonyl (C=O) groups is 2. The molecule has 0 aliphatic rings. The molecular weight excluding hydrogens is 486 g/mol. The number of carbonyl (C=O) groups excluding carboxylic acids is 2. The van der Waals surface area contributed by atoms with Crippen LogP contribution in [0.25, 0.3) is 0 Å². The molecule has 3 rings (SSSR count). The minimum Gasteiger partial charge on any atom is -0.352 e. The fourth-order valence-electron chi connectivity index (χ4n) is 4.01. The molecule has 7 nitrogen and oxygen atoms in total. The lowest BCUT2D eigenvalue weighted by atomic mass is 10.1. The van der Waals surface area contributed by atoms with E-state index in [1.807, 2.05) is 64.1 Å². The van der Waals surface area contributed by atoms with E-state index in [0.717, 1.165) is 21.0 Å². The summed E-state index contributed by atoms with van der Waals surface area (Å²) >= 11 is 0. The highest BCUT2D eigenvalue weighted by Crippen LogP contribution is 2.29. The molecule has 196 valence electrons. The lowest BCUT2D eigenvalue weighted by molar-refractivity contribution is -0.139. The van der Waals surface area contributed by atoms with E-state index in [1.54, 1.807) is 37.3 Å². The van der Waals surface area contributed by atoms with Crippen molar-refractivity contribution in [3.63, 3.8) is 0 Å². The molecule has 0 saturated heterocycles. The van der Waals surface area contributed by atoms with Crippen molar-refractivity contribution >= 4 is 27.5 Å². The maximum Gasteiger partial charge on any atom is 0.264 e. The van der Waals surface area contributed by atoms with E-state index in [2.05, 4.69) is 5.32 Å². The van der Waals surface area contributed by atoms with Crippen LogP contribution in [-0.4, -0.2) is 43.8 Å². The first kappa shape index (κ1) is 27.9. The zero-order chi connectivity index (χ0) is 27.2. The number of nitrogens with one attached hydrogen (secondary N) is 1. The molecule has 3 aromatic rings. The van der Waals surface area contributed by atoms with Gasteiger partial charge in [-0.1, -0.05) is 60.7 Å². The summed E-state index contributed by atoms with van der Waals surface area (Å²) in [7, 11) is -4.07. The Morgan fingerprint density at radius 2 is 1.43 bits per heavy atom. The van der Waals surface area contributed by atoms with Crippen LogP contribution in [0.2, 0.25) is 0 Å². The molecule has 3 aromatic carbocycles. The Bertz CT molecular complexity index is 1330. The summed E-state index contributed by atoms with van der Waals surface area (Å²) in [6.07, 6.45) is 0. The van der Waals surface area contributed by atoms with Crippen LogP contribution in [0.4, 0.5) is 5.69 Å². The standard InChI is InChI=1S/C29H35N3O4S/c1-21(2)30-29(34)24(5)31(19-25-14-8-6-9-15-25)28(33)20-32(27-18-12-13-22(3)23(27)4)37(35,36)26-16-10-7-11-17-26/h6-18,21,24H,19-20H2,1-5H3,(H,30,34)/t24-/m1/s1. The highest BCUT2D eigenvalue weighted by Gasteiger charge is 2.33. The summed E-state index contributed by atoms with van der Waals surface area (Å²) in [5.41, 5.74) is 2.93. The van der Waals surface area contributed by atoms with Gasteiger partial charge in [0, 0.05) is 12.6 Å². The SMILES string of the molecule is Cc1cccc(N(CC(=O)N(Cc2ccccc2)[C@H](C)C(=O)NC(C)C)S(=O)(=O)c2ccccc2)c1C. The summed E-state index contributed by atoms with van der Waals surface area (Å²) in [5.74, 6) is -0.779. The first-order valence-electron chi connectivity index (χ1n) is 12.3. The fourth-order valence-corrected chi connectivity index (χ4v) is 5.50. The summed E-state index contributed by atoms with van der Waals surface area (Å²) in [4.78, 5) is 28.3. The van der Waals surface area contributed by atoms with Crippen molar-refractivity contribution in [3.8, 4) is 0 Å². The lowest BCUT2D eigenvalue weighted by Crippen LogP contribution is -2.52. The van der Waals surface area contributed by atoms with Crippen molar-refractivity contribution in [3.05, 3.63) is 95.6 Å². The number of aryl methyl sites for hydroxylation is 1. The Kier molecular flexibility index (Phi) is 9.10. The fraction of sp³-hybridized carbons (Fsp3) is 0.310. The van der Waals surface area contributed by atoms with Gasteiger partial charge >= 0.3 is 0 Å². The number of hydrogen-bond acceptors (Lipinski definition) is 4. The molecule has 0 aromatic heterocycles. The second kappa shape index (κ2) is 12.1. The highest BCUT2D eigenvalue weighted by molar-refractivity contribution is 7.92. The van der Waals surface area contributed by atoms with E-state index in [0.29, 0.717) is 5.69 Å². The van der Waals surface area contributed by atoms with Crippen LogP contribution >= 0.6 is 0 Å². The zero-order valence-electron chi connectivity index (χ0n) is 22.0. The van der Waals surface area contributed by atoms with Crippen LogP contribution in [0.3, 0.4) is 0 Å². The van der Waals surface area contributed by atoms with Gasteiger partial charge in [-0.2, -0.15) is 0 Å². The molecule has 2 amide bonds. The lowest BCUT2D eigenvalue weighted by Gasteiger charge is -2.33. The van der Waals surface area contributed by atoms with E-state index in [9.17, 15) is 18.0 Å². The third-order valence-electron chi connectivity index (χ3n) is 6.25. The van der Waals surface area contributed by atoms with Gasteiger partial charge in [0.2, 0.25) is 11.8 Å². The Morgan fingerprint density at radius 1 is 0.838 bits per heavy atom. The van der Waals surface area contributed by atoms with E-state index in [4.69, 9.17) is 0 Å². The van der Waals surface area contributed by atoms with E-state index < -0.39 is 28.5 Å². The van der Waals surface area contributed by atoms with Crippen molar-refractivity contribution in [2.24, 2.45) is 0 Å². The van der Waals surface area contributed by atoms with E-state index in [-0.39, 0.29) is 23.4 Å². The summed E-state index contributed by atoms with van der Waals surface area (Å²) in [6.45, 7) is 8.81. The zero-order valence-corrected chi connectivity index (χ0v) is 22.8. The predicted molar refractivity (Wildman–Crippen MR) is 147 cm³/mol. The third-order valence-corrected chi connectivity index (χ3v) is 8.02. The number of rotatable bonds is 10. The predicted octanol–water partition coefficient (Wildman–Crippen LogP) is 4.44. The van der Waals surface area contributed by atoms with Gasteiger partial charge in [0.25, 0.3) is 10.0 Å². The van der Waals surface area contributed by atoms with Crippen LogP contribution in [0.5, 0.6) is 0 Å². The third kappa shape index (κ3) is 6.77. The minimum atomic E-state index is -4.07. The Hall–Kier alpha value is -3.65. The number of nitrogens with zero attached hydrogens (tertiary/aromatic N) is 2. The second-order valence-electron chi connectivity index (χ2n) is 9.39. The molecule has 0 unspecified atom stereocenters. The molecule has 0 bridgehead atoms. The van der Waals surface area contributed by atoms with Crippen LogP contribution < -0.4 is 9.62 Å². The van der Waals surface area contributed by atoms with Crippen LogP contribution in [0, 0.1) is 13.8 Å². The van der Waals surface area contributed by atoms with Crippen molar-refractivity contribution in [1.29, 1.82) is 0 Å². The van der Waals surface area contributed by atoms with Crippen molar-refractivity contribution in [2.45, 2.75) is 58.1 Å². The molecule has 1 N–H and O–H groups in total. The second-order valence-corrected chi connectivity index (χ2v) is 11.3.